The summed E-state index contributed by atoms with van der Waals surface area (Å²) >= 11 is 0. The fourth-order valence-electron chi connectivity index (χ4n) is 3.26. The molecule has 3 rings (SSSR count). The van der Waals surface area contributed by atoms with Crippen LogP contribution in [0.3, 0.4) is 0 Å². The summed E-state index contributed by atoms with van der Waals surface area (Å²) in [6.07, 6.45) is 4.45. The van der Waals surface area contributed by atoms with Gasteiger partial charge in [-0.1, -0.05) is 0 Å². The first-order valence-corrected chi connectivity index (χ1v) is 8.86. The Labute approximate surface area is 152 Å². The summed E-state index contributed by atoms with van der Waals surface area (Å²) < 4.78 is 10.6. The molecule has 1 aliphatic heterocycles. The Morgan fingerprint density at radius 3 is 2.46 bits per heavy atom. The quantitative estimate of drug-likeness (QED) is 0.855. The third-order valence-electron chi connectivity index (χ3n) is 4.85. The van der Waals surface area contributed by atoms with Crippen LogP contribution in [-0.2, 0) is 4.79 Å². The van der Waals surface area contributed by atoms with Gasteiger partial charge in [0.05, 0.1) is 18.6 Å². The molecule has 2 amide bonds. The zero-order valence-corrected chi connectivity index (χ0v) is 15.2. The molecule has 0 saturated carbocycles. The molecule has 1 fully saturated rings. The Bertz CT molecular complexity index is 701. The number of furan rings is 2. The Balaban J connectivity index is 1.48. The number of rotatable bonds is 6. The van der Waals surface area contributed by atoms with Crippen LogP contribution < -0.4 is 5.32 Å². The monoisotopic (exact) mass is 359 g/mol. The number of likely N-dealkylation sites (N-methyl/N-ethyl adjacent to an activating group) is 1. The lowest BCUT2D eigenvalue weighted by Gasteiger charge is -2.31. The number of hydrogen-bond donors (Lipinski definition) is 1. The van der Waals surface area contributed by atoms with Crippen molar-refractivity contribution < 1.29 is 18.4 Å². The smallest absolute Gasteiger partial charge is 0.289 e. The minimum absolute atomic E-state index is 0.00503. The molecule has 7 heteroatoms. The second-order valence-corrected chi connectivity index (χ2v) is 6.78. The summed E-state index contributed by atoms with van der Waals surface area (Å²) in [5.41, 5.74) is 0. The molecule has 7 nitrogen and oxygen atoms in total. The summed E-state index contributed by atoms with van der Waals surface area (Å²) in [6, 6.07) is 7.12. The standard InChI is InChI=1S/C19H25N3O4/c1-21(2)15(16-5-3-11-25-16)13-20-18(23)14-7-9-22(10-8-14)19(24)17-6-4-12-26-17/h3-6,11-12,14-15H,7-10,13H2,1-2H3,(H,20,23). The highest BCUT2D eigenvalue weighted by Crippen LogP contribution is 2.21. The first-order valence-electron chi connectivity index (χ1n) is 8.86. The largest absolute Gasteiger partial charge is 0.468 e. The van der Waals surface area contributed by atoms with Gasteiger partial charge in [-0.25, -0.2) is 0 Å². The third-order valence-corrected chi connectivity index (χ3v) is 4.85. The lowest BCUT2D eigenvalue weighted by Crippen LogP contribution is -2.44. The molecule has 1 saturated heterocycles. The van der Waals surface area contributed by atoms with Crippen molar-refractivity contribution in [2.24, 2.45) is 5.92 Å². The number of piperidine rings is 1. The van der Waals surface area contributed by atoms with Crippen molar-refractivity contribution in [3.8, 4) is 0 Å². The molecule has 1 aliphatic rings. The second-order valence-electron chi connectivity index (χ2n) is 6.78. The highest BCUT2D eigenvalue weighted by atomic mass is 16.3. The molecule has 26 heavy (non-hydrogen) atoms. The maximum absolute atomic E-state index is 12.5. The van der Waals surface area contributed by atoms with Gasteiger partial charge < -0.3 is 19.1 Å². The van der Waals surface area contributed by atoms with Crippen molar-refractivity contribution in [3.63, 3.8) is 0 Å². The van der Waals surface area contributed by atoms with E-state index in [4.69, 9.17) is 8.83 Å². The summed E-state index contributed by atoms with van der Waals surface area (Å²) in [7, 11) is 3.91. The van der Waals surface area contributed by atoms with Crippen LogP contribution in [0, 0.1) is 5.92 Å². The van der Waals surface area contributed by atoms with Crippen LogP contribution in [0.4, 0.5) is 0 Å². The van der Waals surface area contributed by atoms with E-state index >= 15 is 0 Å². The molecule has 2 aromatic rings. The summed E-state index contributed by atoms with van der Waals surface area (Å²) in [5.74, 6) is 1.03. The number of nitrogens with one attached hydrogen (secondary N) is 1. The van der Waals surface area contributed by atoms with Gasteiger partial charge in [0.15, 0.2) is 5.76 Å². The molecule has 3 heterocycles. The average Bonchev–Trinajstić information content (AvgIpc) is 3.35. The molecule has 1 atom stereocenters. The molecule has 2 aromatic heterocycles. The van der Waals surface area contributed by atoms with Gasteiger partial charge in [-0.15, -0.1) is 0 Å². The second kappa shape index (κ2) is 8.23. The van der Waals surface area contributed by atoms with Crippen LogP contribution in [0.5, 0.6) is 0 Å². The lowest BCUT2D eigenvalue weighted by atomic mass is 9.95. The molecule has 0 spiro atoms. The lowest BCUT2D eigenvalue weighted by molar-refractivity contribution is -0.126. The topological polar surface area (TPSA) is 78.9 Å². The molecule has 0 aliphatic carbocycles. The van der Waals surface area contributed by atoms with E-state index in [0.29, 0.717) is 38.2 Å². The number of carbonyl (C=O) groups is 2. The maximum atomic E-state index is 12.5. The Kier molecular flexibility index (Phi) is 5.78. The van der Waals surface area contributed by atoms with E-state index in [1.165, 1.54) is 6.26 Å². The van der Waals surface area contributed by atoms with Gasteiger partial charge in [0, 0.05) is 25.6 Å². The molecule has 0 aromatic carbocycles. The summed E-state index contributed by atoms with van der Waals surface area (Å²) in [4.78, 5) is 28.6. The van der Waals surface area contributed by atoms with Crippen LogP contribution >= 0.6 is 0 Å². The zero-order valence-electron chi connectivity index (χ0n) is 15.2. The van der Waals surface area contributed by atoms with Crippen molar-refractivity contribution in [2.75, 3.05) is 33.7 Å². The highest BCUT2D eigenvalue weighted by molar-refractivity contribution is 5.91. The first kappa shape index (κ1) is 18.3. The van der Waals surface area contributed by atoms with Crippen LogP contribution in [-0.4, -0.2) is 55.3 Å². The van der Waals surface area contributed by atoms with Crippen molar-refractivity contribution in [3.05, 3.63) is 48.3 Å². The Morgan fingerprint density at radius 2 is 1.88 bits per heavy atom. The molecule has 0 bridgehead atoms. The highest BCUT2D eigenvalue weighted by Gasteiger charge is 2.29. The average molecular weight is 359 g/mol. The van der Waals surface area contributed by atoms with Crippen LogP contribution in [0.25, 0.3) is 0 Å². The normalized spacial score (nSPS) is 16.7. The van der Waals surface area contributed by atoms with Gasteiger partial charge in [0.2, 0.25) is 5.91 Å². The summed E-state index contributed by atoms with van der Waals surface area (Å²) in [6.45, 7) is 1.62. The van der Waals surface area contributed by atoms with Gasteiger partial charge >= 0.3 is 0 Å². The number of likely N-dealkylation sites (tertiary alicyclic amines) is 1. The minimum Gasteiger partial charge on any atom is -0.468 e. The molecule has 1 N–H and O–H groups in total. The molecule has 140 valence electrons. The molecule has 0 radical (unpaired) electrons. The van der Waals surface area contributed by atoms with Crippen molar-refractivity contribution in [1.82, 2.24) is 15.1 Å². The molecule has 1 unspecified atom stereocenters. The third kappa shape index (κ3) is 4.16. The molecular formula is C19H25N3O4. The Hall–Kier alpha value is -2.54. The van der Waals surface area contributed by atoms with E-state index < -0.39 is 0 Å². The fourth-order valence-corrected chi connectivity index (χ4v) is 3.26. The predicted octanol–water partition coefficient (Wildman–Crippen LogP) is 2.14. The van der Waals surface area contributed by atoms with E-state index in [1.54, 1.807) is 23.3 Å². The number of amides is 2. The number of hydrogen-bond acceptors (Lipinski definition) is 5. The van der Waals surface area contributed by atoms with Crippen LogP contribution in [0.1, 0.15) is 35.2 Å². The van der Waals surface area contributed by atoms with Gasteiger partial charge in [0.1, 0.15) is 5.76 Å². The van der Waals surface area contributed by atoms with E-state index in [2.05, 4.69) is 5.32 Å². The van der Waals surface area contributed by atoms with Gasteiger partial charge in [-0.05, 0) is 51.2 Å². The maximum Gasteiger partial charge on any atom is 0.289 e. The van der Waals surface area contributed by atoms with Crippen LogP contribution in [0.15, 0.2) is 45.6 Å². The number of nitrogens with zero attached hydrogens (tertiary/aromatic N) is 2. The van der Waals surface area contributed by atoms with E-state index in [9.17, 15) is 9.59 Å². The van der Waals surface area contributed by atoms with E-state index in [-0.39, 0.29) is 23.8 Å². The summed E-state index contributed by atoms with van der Waals surface area (Å²) in [5, 5.41) is 3.03. The van der Waals surface area contributed by atoms with Gasteiger partial charge in [-0.2, -0.15) is 0 Å². The molecular weight excluding hydrogens is 334 g/mol. The van der Waals surface area contributed by atoms with Gasteiger partial charge in [0.25, 0.3) is 5.91 Å². The minimum atomic E-state index is -0.112. The van der Waals surface area contributed by atoms with Crippen LogP contribution in [0.2, 0.25) is 0 Å². The number of carbonyl (C=O) groups excluding carboxylic acids is 2. The predicted molar refractivity (Wildman–Crippen MR) is 95.5 cm³/mol. The van der Waals surface area contributed by atoms with Crippen molar-refractivity contribution in [2.45, 2.75) is 18.9 Å². The zero-order chi connectivity index (χ0) is 18.5. The van der Waals surface area contributed by atoms with E-state index in [1.807, 2.05) is 31.1 Å². The SMILES string of the molecule is CN(C)C(CNC(=O)C1CCN(C(=O)c2ccco2)CC1)c1ccco1. The Morgan fingerprint density at radius 1 is 1.19 bits per heavy atom. The van der Waals surface area contributed by atoms with Crippen molar-refractivity contribution in [1.29, 1.82) is 0 Å². The van der Waals surface area contributed by atoms with E-state index in [0.717, 1.165) is 5.76 Å². The van der Waals surface area contributed by atoms with Crippen molar-refractivity contribution >= 4 is 11.8 Å². The van der Waals surface area contributed by atoms with Gasteiger partial charge in [-0.3, -0.25) is 14.5 Å². The first-order chi connectivity index (χ1) is 12.6. The fraction of sp³-hybridized carbons (Fsp3) is 0.474.